The third-order valence-electron chi connectivity index (χ3n) is 5.18. The van der Waals surface area contributed by atoms with E-state index in [4.69, 9.17) is 24.5 Å². The second kappa shape index (κ2) is 13.2. The molecule has 198 valence electrons. The van der Waals surface area contributed by atoms with Gasteiger partial charge in [-0.3, -0.25) is 14.7 Å². The molecular weight excluding hydrogens is 492 g/mol. The summed E-state index contributed by atoms with van der Waals surface area (Å²) in [5, 5.41) is 17.0. The highest BCUT2D eigenvalue weighted by Gasteiger charge is 2.41. The summed E-state index contributed by atoms with van der Waals surface area (Å²) in [5.74, 6) is -3.91. The first-order valence-electron chi connectivity index (χ1n) is 10.1. The minimum atomic E-state index is -5.08. The van der Waals surface area contributed by atoms with E-state index >= 15 is 0 Å². The molecule has 3 heterocycles. The zero-order valence-corrected chi connectivity index (χ0v) is 18.5. The molecule has 2 aliphatic heterocycles. The van der Waals surface area contributed by atoms with Crippen LogP contribution in [0, 0.1) is 17.8 Å². The zero-order valence-electron chi connectivity index (χ0n) is 18.5. The Balaban J connectivity index is 0.000000362. The molecule has 9 nitrogen and oxygen atoms in total. The van der Waals surface area contributed by atoms with Gasteiger partial charge in [0.1, 0.15) is 0 Å². The van der Waals surface area contributed by atoms with Gasteiger partial charge < -0.3 is 20.3 Å². The third kappa shape index (κ3) is 10.9. The zero-order chi connectivity index (χ0) is 26.8. The number of carbonyl (C=O) groups is 3. The van der Waals surface area contributed by atoms with Crippen molar-refractivity contribution in [2.24, 2.45) is 17.8 Å². The summed E-state index contributed by atoms with van der Waals surface area (Å²) >= 11 is 0. The number of fused-ring (bicyclic) bond motifs is 1. The highest BCUT2D eigenvalue weighted by Crippen LogP contribution is 2.36. The molecule has 15 heteroatoms. The Morgan fingerprint density at radius 2 is 1.66 bits per heavy atom. The molecule has 0 aromatic carbocycles. The van der Waals surface area contributed by atoms with E-state index in [0.717, 1.165) is 32.8 Å². The summed E-state index contributed by atoms with van der Waals surface area (Å²) in [4.78, 5) is 36.1. The van der Waals surface area contributed by atoms with Crippen LogP contribution in [0.1, 0.15) is 12.0 Å². The average Bonchev–Trinajstić information content (AvgIpc) is 3.17. The van der Waals surface area contributed by atoms with Crippen molar-refractivity contribution in [1.29, 1.82) is 0 Å². The summed E-state index contributed by atoms with van der Waals surface area (Å²) in [6.45, 7) is 4.61. The number of amides is 1. The molecule has 35 heavy (non-hydrogen) atoms. The number of aromatic nitrogens is 1. The van der Waals surface area contributed by atoms with Gasteiger partial charge in [0.25, 0.3) is 0 Å². The normalized spacial score (nSPS) is 22.0. The van der Waals surface area contributed by atoms with E-state index in [1.54, 1.807) is 13.2 Å². The Morgan fingerprint density at radius 3 is 2.11 bits per heavy atom. The Bertz CT molecular complexity index is 813. The van der Waals surface area contributed by atoms with Gasteiger partial charge in [0, 0.05) is 45.5 Å². The maximum Gasteiger partial charge on any atom is 0.490 e. The Morgan fingerprint density at radius 1 is 1.09 bits per heavy atom. The summed E-state index contributed by atoms with van der Waals surface area (Å²) in [6, 6.07) is 4.10. The molecule has 3 atom stereocenters. The molecule has 1 aromatic rings. The van der Waals surface area contributed by atoms with Crippen LogP contribution in [0.15, 0.2) is 24.5 Å². The fourth-order valence-corrected chi connectivity index (χ4v) is 3.62. The van der Waals surface area contributed by atoms with Gasteiger partial charge in [0.15, 0.2) is 0 Å². The van der Waals surface area contributed by atoms with Crippen LogP contribution in [-0.4, -0.2) is 83.6 Å². The third-order valence-corrected chi connectivity index (χ3v) is 5.18. The number of halogens is 6. The lowest BCUT2D eigenvalue weighted by Gasteiger charge is -2.32. The van der Waals surface area contributed by atoms with Crippen LogP contribution in [-0.2, 0) is 25.7 Å². The van der Waals surface area contributed by atoms with E-state index in [9.17, 15) is 31.1 Å². The van der Waals surface area contributed by atoms with Gasteiger partial charge in [-0.05, 0) is 29.4 Å². The Labute approximate surface area is 196 Å². The van der Waals surface area contributed by atoms with E-state index < -0.39 is 24.3 Å². The molecule has 3 rings (SSSR count). The van der Waals surface area contributed by atoms with Gasteiger partial charge in [-0.1, -0.05) is 6.07 Å². The number of rotatable bonds is 4. The number of ether oxygens (including phenoxy) is 1. The second-order valence-corrected chi connectivity index (χ2v) is 7.76. The summed E-state index contributed by atoms with van der Waals surface area (Å²) in [6.07, 6.45) is -5.85. The van der Waals surface area contributed by atoms with E-state index in [1.165, 1.54) is 5.56 Å². The number of hydrogen-bond acceptors (Lipinski definition) is 6. The van der Waals surface area contributed by atoms with Crippen molar-refractivity contribution in [3.63, 3.8) is 0 Å². The average molecular weight is 517 g/mol. The van der Waals surface area contributed by atoms with Crippen LogP contribution in [0.4, 0.5) is 26.3 Å². The van der Waals surface area contributed by atoms with Crippen LogP contribution in [0.2, 0.25) is 0 Å². The predicted octanol–water partition coefficient (Wildman–Crippen LogP) is 2.18. The van der Waals surface area contributed by atoms with Crippen molar-refractivity contribution >= 4 is 17.8 Å². The maximum atomic E-state index is 11.7. The molecule has 0 bridgehead atoms. The smallest absolute Gasteiger partial charge is 0.475 e. The fourth-order valence-electron chi connectivity index (χ4n) is 3.62. The molecule has 1 amide bonds. The van der Waals surface area contributed by atoms with Crippen LogP contribution < -0.4 is 5.32 Å². The quantitative estimate of drug-likeness (QED) is 0.519. The van der Waals surface area contributed by atoms with E-state index in [0.29, 0.717) is 24.2 Å². The van der Waals surface area contributed by atoms with Gasteiger partial charge >= 0.3 is 24.3 Å². The van der Waals surface area contributed by atoms with Crippen molar-refractivity contribution < 1.29 is 55.7 Å². The van der Waals surface area contributed by atoms with Crippen molar-refractivity contribution in [1.82, 2.24) is 15.2 Å². The van der Waals surface area contributed by atoms with Gasteiger partial charge in [-0.15, -0.1) is 0 Å². The van der Waals surface area contributed by atoms with Crippen LogP contribution in [0.25, 0.3) is 0 Å². The van der Waals surface area contributed by atoms with Gasteiger partial charge in [0.2, 0.25) is 5.91 Å². The van der Waals surface area contributed by atoms with E-state index in [-0.39, 0.29) is 5.91 Å². The molecular formula is C20H25F6N3O6. The maximum absolute atomic E-state index is 11.7. The summed E-state index contributed by atoms with van der Waals surface area (Å²) in [5.41, 5.74) is 1.25. The molecule has 0 spiro atoms. The van der Waals surface area contributed by atoms with Gasteiger partial charge in [0.05, 0.1) is 13.2 Å². The molecule has 0 unspecified atom stereocenters. The van der Waals surface area contributed by atoms with Crippen LogP contribution in [0.3, 0.4) is 0 Å². The summed E-state index contributed by atoms with van der Waals surface area (Å²) in [7, 11) is 1.70. The Hall–Kier alpha value is -2.94. The predicted molar refractivity (Wildman–Crippen MR) is 107 cm³/mol. The first-order valence-corrected chi connectivity index (χ1v) is 10.1. The number of aliphatic carboxylic acids is 2. The lowest BCUT2D eigenvalue weighted by molar-refractivity contribution is -0.193. The SMILES string of the molecule is CNC(=O)C[C@@H]1COC[C@H]2CN(Cc3cccnc3)C[C@@H]12.O=C(O)C(F)(F)F.O=C(O)C(F)(F)F. The standard InChI is InChI=1S/C16H23N3O2.2C2HF3O2/c1-17-16(20)5-13-10-21-11-14-8-19(9-15(13)14)7-12-3-2-4-18-6-12;2*3-2(4,5)1(6)7/h2-4,6,13-15H,5,7-11H2,1H3,(H,17,20);2*(H,6,7)/t13-,14-,15+;;/m1../s1. The number of nitrogens with zero attached hydrogens (tertiary/aromatic N) is 2. The molecule has 2 aliphatic rings. The molecule has 2 fully saturated rings. The van der Waals surface area contributed by atoms with Crippen molar-refractivity contribution in [2.75, 3.05) is 33.4 Å². The molecule has 1 aromatic heterocycles. The van der Waals surface area contributed by atoms with Crippen molar-refractivity contribution in [3.05, 3.63) is 30.1 Å². The number of carbonyl (C=O) groups excluding carboxylic acids is 1. The number of pyridine rings is 1. The van der Waals surface area contributed by atoms with Gasteiger partial charge in [-0.25, -0.2) is 9.59 Å². The highest BCUT2D eigenvalue weighted by molar-refractivity contribution is 5.75. The number of hydrogen-bond donors (Lipinski definition) is 3. The minimum absolute atomic E-state index is 0.120. The second-order valence-electron chi connectivity index (χ2n) is 7.76. The largest absolute Gasteiger partial charge is 0.490 e. The summed E-state index contributed by atoms with van der Waals surface area (Å²) < 4.78 is 69.2. The van der Waals surface area contributed by atoms with Crippen LogP contribution >= 0.6 is 0 Å². The number of alkyl halides is 6. The number of likely N-dealkylation sites (tertiary alicyclic amines) is 1. The number of nitrogens with one attached hydrogen (secondary N) is 1. The van der Waals surface area contributed by atoms with Gasteiger partial charge in [-0.2, -0.15) is 26.3 Å². The van der Waals surface area contributed by atoms with E-state index in [2.05, 4.69) is 21.3 Å². The lowest BCUT2D eigenvalue weighted by atomic mass is 9.81. The lowest BCUT2D eigenvalue weighted by Crippen LogP contribution is -2.37. The first kappa shape index (κ1) is 30.1. The molecule has 0 saturated carbocycles. The molecule has 2 saturated heterocycles. The Kier molecular flexibility index (Phi) is 11.4. The van der Waals surface area contributed by atoms with E-state index in [1.807, 2.05) is 12.3 Å². The highest BCUT2D eigenvalue weighted by atomic mass is 19.4. The molecule has 0 radical (unpaired) electrons. The van der Waals surface area contributed by atoms with Crippen molar-refractivity contribution in [3.8, 4) is 0 Å². The van der Waals surface area contributed by atoms with Crippen molar-refractivity contribution in [2.45, 2.75) is 25.3 Å². The monoisotopic (exact) mass is 517 g/mol. The topological polar surface area (TPSA) is 129 Å². The fraction of sp³-hybridized carbons (Fsp3) is 0.600. The van der Waals surface area contributed by atoms with Crippen LogP contribution in [0.5, 0.6) is 0 Å². The molecule has 0 aliphatic carbocycles. The first-order chi connectivity index (χ1) is 16.1. The molecule has 3 N–H and O–H groups in total. The minimum Gasteiger partial charge on any atom is -0.475 e. The number of carboxylic acids is 2. The number of carboxylic acid groups (broad SMARTS) is 2.